The number of carbonyl (C=O) groups is 2. The average Bonchev–Trinajstić information content (AvgIpc) is 3.41. The highest BCUT2D eigenvalue weighted by Crippen LogP contribution is 2.22. The Kier molecular flexibility index (Phi) is 4.48. The number of fused-ring (bicyclic) bond motifs is 1. The largest absolute Gasteiger partial charge is 0.321 e. The fourth-order valence-corrected chi connectivity index (χ4v) is 3.66. The number of nitrogens with zero attached hydrogens (tertiary/aromatic N) is 4. The first-order chi connectivity index (χ1) is 14.7. The van der Waals surface area contributed by atoms with Gasteiger partial charge in [-0.2, -0.15) is 0 Å². The van der Waals surface area contributed by atoms with E-state index in [1.54, 1.807) is 29.6 Å². The van der Waals surface area contributed by atoms with Gasteiger partial charge in [0.2, 0.25) is 5.91 Å². The number of hydrogen-bond donors (Lipinski definition) is 1. The maximum absolute atomic E-state index is 12.6. The molecular formula is C23H19N5O2. The van der Waals surface area contributed by atoms with Crippen molar-refractivity contribution in [3.63, 3.8) is 0 Å². The Morgan fingerprint density at radius 3 is 2.53 bits per heavy atom. The molecule has 7 heteroatoms. The van der Waals surface area contributed by atoms with E-state index in [0.717, 1.165) is 35.5 Å². The number of imidazole rings is 1. The molecule has 30 heavy (non-hydrogen) atoms. The van der Waals surface area contributed by atoms with E-state index in [9.17, 15) is 9.59 Å². The number of anilines is 2. The van der Waals surface area contributed by atoms with Crippen molar-refractivity contribution >= 4 is 34.2 Å². The average molecular weight is 397 g/mol. The molecule has 0 spiro atoms. The molecule has 0 unspecified atom stereocenters. The van der Waals surface area contributed by atoms with Gasteiger partial charge in [0.05, 0.1) is 22.9 Å². The molecule has 4 aromatic rings. The number of benzene rings is 2. The zero-order valence-corrected chi connectivity index (χ0v) is 16.2. The van der Waals surface area contributed by atoms with Gasteiger partial charge in [-0.3, -0.25) is 14.2 Å². The van der Waals surface area contributed by atoms with E-state index in [1.807, 2.05) is 53.1 Å². The molecule has 2 aromatic heterocycles. The summed E-state index contributed by atoms with van der Waals surface area (Å²) < 4.78 is 1.90. The molecule has 1 fully saturated rings. The van der Waals surface area contributed by atoms with Gasteiger partial charge < -0.3 is 10.2 Å². The third-order valence-electron chi connectivity index (χ3n) is 5.22. The van der Waals surface area contributed by atoms with Gasteiger partial charge in [0, 0.05) is 24.2 Å². The van der Waals surface area contributed by atoms with Crippen molar-refractivity contribution in [1.29, 1.82) is 0 Å². The highest BCUT2D eigenvalue weighted by Gasteiger charge is 2.21. The maximum atomic E-state index is 12.6. The number of rotatable bonds is 4. The van der Waals surface area contributed by atoms with Crippen LogP contribution in [0.25, 0.3) is 16.9 Å². The Hall–Kier alpha value is -4.00. The van der Waals surface area contributed by atoms with E-state index in [-0.39, 0.29) is 11.8 Å². The third kappa shape index (κ3) is 3.30. The van der Waals surface area contributed by atoms with E-state index in [0.29, 0.717) is 17.7 Å². The lowest BCUT2D eigenvalue weighted by atomic mass is 10.2. The minimum absolute atomic E-state index is 0.129. The van der Waals surface area contributed by atoms with Crippen LogP contribution in [0.1, 0.15) is 23.2 Å². The van der Waals surface area contributed by atoms with Gasteiger partial charge in [0.15, 0.2) is 0 Å². The number of aromatic nitrogens is 3. The number of pyridine rings is 1. The zero-order valence-electron chi connectivity index (χ0n) is 16.2. The van der Waals surface area contributed by atoms with Crippen LogP contribution in [0.15, 0.2) is 73.2 Å². The Bertz CT molecular complexity index is 1230. The molecule has 148 valence electrons. The van der Waals surface area contributed by atoms with Crippen LogP contribution in [0.5, 0.6) is 0 Å². The fourth-order valence-electron chi connectivity index (χ4n) is 3.66. The van der Waals surface area contributed by atoms with E-state index in [1.165, 1.54) is 0 Å². The molecule has 5 rings (SSSR count). The van der Waals surface area contributed by atoms with Crippen molar-refractivity contribution in [1.82, 2.24) is 14.5 Å². The highest BCUT2D eigenvalue weighted by molar-refractivity contribution is 6.04. The summed E-state index contributed by atoms with van der Waals surface area (Å²) in [5, 5.41) is 2.86. The summed E-state index contributed by atoms with van der Waals surface area (Å²) in [6, 6.07) is 18.6. The van der Waals surface area contributed by atoms with Crippen LogP contribution in [0.3, 0.4) is 0 Å². The van der Waals surface area contributed by atoms with Crippen molar-refractivity contribution in [3.8, 4) is 5.82 Å². The van der Waals surface area contributed by atoms with Gasteiger partial charge in [-0.15, -0.1) is 0 Å². The number of para-hydroxylation sites is 2. The number of hydrogen-bond acceptors (Lipinski definition) is 4. The number of amides is 2. The standard InChI is InChI=1S/C23H19N5O2/c29-22-6-3-13-27(22)18-10-7-16(8-11-18)23(30)26-17-9-12-21(24-14-17)28-15-25-19-4-1-2-5-20(19)28/h1-2,4-5,7-12,14-15H,3,6,13H2,(H,26,30). The second-order valence-corrected chi connectivity index (χ2v) is 7.16. The van der Waals surface area contributed by atoms with Gasteiger partial charge in [-0.05, 0) is 55.0 Å². The summed E-state index contributed by atoms with van der Waals surface area (Å²) in [6.45, 7) is 0.731. The molecule has 3 heterocycles. The first kappa shape index (κ1) is 18.1. The normalized spacial score (nSPS) is 13.7. The second kappa shape index (κ2) is 7.44. The molecule has 0 saturated carbocycles. The summed E-state index contributed by atoms with van der Waals surface area (Å²) in [7, 11) is 0. The van der Waals surface area contributed by atoms with Crippen molar-refractivity contribution in [2.45, 2.75) is 12.8 Å². The Labute approximate surface area is 173 Å². The molecule has 2 amide bonds. The summed E-state index contributed by atoms with van der Waals surface area (Å²) in [6.07, 6.45) is 4.82. The monoisotopic (exact) mass is 397 g/mol. The number of carbonyl (C=O) groups excluding carboxylic acids is 2. The van der Waals surface area contributed by atoms with Gasteiger partial charge in [0.1, 0.15) is 12.1 Å². The molecule has 7 nitrogen and oxygen atoms in total. The molecule has 0 radical (unpaired) electrons. The van der Waals surface area contributed by atoms with Gasteiger partial charge >= 0.3 is 0 Å². The molecule has 0 bridgehead atoms. The van der Waals surface area contributed by atoms with Crippen LogP contribution >= 0.6 is 0 Å². The van der Waals surface area contributed by atoms with Crippen molar-refractivity contribution in [2.24, 2.45) is 0 Å². The Morgan fingerprint density at radius 2 is 1.80 bits per heavy atom. The van der Waals surface area contributed by atoms with Gasteiger partial charge in [-0.1, -0.05) is 12.1 Å². The molecular weight excluding hydrogens is 378 g/mol. The minimum Gasteiger partial charge on any atom is -0.321 e. The summed E-state index contributed by atoms with van der Waals surface area (Å²) >= 11 is 0. The van der Waals surface area contributed by atoms with Crippen LogP contribution in [0.4, 0.5) is 11.4 Å². The molecule has 0 aliphatic carbocycles. The second-order valence-electron chi connectivity index (χ2n) is 7.16. The lowest BCUT2D eigenvalue weighted by Gasteiger charge is -2.15. The highest BCUT2D eigenvalue weighted by atomic mass is 16.2. The van der Waals surface area contributed by atoms with Crippen LogP contribution in [-0.2, 0) is 4.79 Å². The quantitative estimate of drug-likeness (QED) is 0.568. The predicted octanol–water partition coefficient (Wildman–Crippen LogP) is 3.80. The molecule has 1 aliphatic heterocycles. The summed E-state index contributed by atoms with van der Waals surface area (Å²) in [5.41, 5.74) is 3.82. The van der Waals surface area contributed by atoms with Gasteiger partial charge in [-0.25, -0.2) is 9.97 Å². The first-order valence-electron chi connectivity index (χ1n) is 9.79. The van der Waals surface area contributed by atoms with E-state index in [4.69, 9.17) is 0 Å². The van der Waals surface area contributed by atoms with E-state index < -0.39 is 0 Å². The predicted molar refractivity (Wildman–Crippen MR) is 115 cm³/mol. The maximum Gasteiger partial charge on any atom is 0.255 e. The smallest absolute Gasteiger partial charge is 0.255 e. The molecule has 0 atom stereocenters. The van der Waals surface area contributed by atoms with Crippen LogP contribution in [-0.4, -0.2) is 32.9 Å². The van der Waals surface area contributed by atoms with Crippen LogP contribution < -0.4 is 10.2 Å². The molecule has 1 N–H and O–H groups in total. The third-order valence-corrected chi connectivity index (χ3v) is 5.22. The van der Waals surface area contributed by atoms with Crippen molar-refractivity contribution in [3.05, 3.63) is 78.8 Å². The first-order valence-corrected chi connectivity index (χ1v) is 9.79. The minimum atomic E-state index is -0.225. The van der Waals surface area contributed by atoms with Crippen LogP contribution in [0.2, 0.25) is 0 Å². The van der Waals surface area contributed by atoms with Crippen molar-refractivity contribution in [2.75, 3.05) is 16.8 Å². The lowest BCUT2D eigenvalue weighted by Crippen LogP contribution is -2.23. The molecule has 1 aliphatic rings. The van der Waals surface area contributed by atoms with E-state index in [2.05, 4.69) is 15.3 Å². The van der Waals surface area contributed by atoms with Gasteiger partial charge in [0.25, 0.3) is 5.91 Å². The fraction of sp³-hybridized carbons (Fsp3) is 0.130. The van der Waals surface area contributed by atoms with Crippen LogP contribution in [0, 0.1) is 0 Å². The topological polar surface area (TPSA) is 80.1 Å². The zero-order chi connectivity index (χ0) is 20.5. The lowest BCUT2D eigenvalue weighted by molar-refractivity contribution is -0.117. The molecule has 1 saturated heterocycles. The van der Waals surface area contributed by atoms with Crippen molar-refractivity contribution < 1.29 is 9.59 Å². The summed E-state index contributed by atoms with van der Waals surface area (Å²) in [5.74, 6) is 0.627. The number of nitrogens with one attached hydrogen (secondary N) is 1. The Balaban J connectivity index is 1.30. The molecule has 2 aromatic carbocycles. The summed E-state index contributed by atoms with van der Waals surface area (Å²) in [4.78, 5) is 35.0. The Morgan fingerprint density at radius 1 is 0.967 bits per heavy atom. The SMILES string of the molecule is O=C(Nc1ccc(-n2cnc3ccccc32)nc1)c1ccc(N2CCCC2=O)cc1. The van der Waals surface area contributed by atoms with E-state index >= 15 is 0 Å².